The van der Waals surface area contributed by atoms with Crippen LogP contribution in [0.1, 0.15) is 40.0 Å². The fraction of sp³-hybridized carbons (Fsp3) is 0.818. The van der Waals surface area contributed by atoms with E-state index in [0.29, 0.717) is 6.42 Å². The van der Waals surface area contributed by atoms with Crippen molar-refractivity contribution >= 4 is 0 Å². The number of rotatable bonds is 0. The molecule has 1 aliphatic carbocycles. The smallest absolute Gasteiger partial charge is 0.0602 e. The van der Waals surface area contributed by atoms with E-state index in [4.69, 9.17) is 0 Å². The van der Waals surface area contributed by atoms with Crippen molar-refractivity contribution in [2.75, 3.05) is 0 Å². The van der Waals surface area contributed by atoms with Crippen LogP contribution in [0.3, 0.4) is 0 Å². The summed E-state index contributed by atoms with van der Waals surface area (Å²) in [6.07, 6.45) is 3.46. The summed E-state index contributed by atoms with van der Waals surface area (Å²) in [5.41, 5.74) is 1.34. The third kappa shape index (κ3) is 3.92. The second-order valence-corrected chi connectivity index (χ2v) is 5.12. The first-order valence-electron chi connectivity index (χ1n) is 4.93. The van der Waals surface area contributed by atoms with Crippen molar-refractivity contribution in [1.82, 2.24) is 0 Å². The van der Waals surface area contributed by atoms with Gasteiger partial charge in [0.05, 0.1) is 12.2 Å². The van der Waals surface area contributed by atoms with Crippen LogP contribution >= 0.6 is 0 Å². The van der Waals surface area contributed by atoms with Crippen LogP contribution in [0.4, 0.5) is 0 Å². The van der Waals surface area contributed by atoms with E-state index in [0.717, 1.165) is 12.8 Å². The van der Waals surface area contributed by atoms with Crippen LogP contribution in [-0.4, -0.2) is 22.4 Å². The van der Waals surface area contributed by atoms with E-state index in [2.05, 4.69) is 26.8 Å². The highest BCUT2D eigenvalue weighted by Crippen LogP contribution is 2.28. The highest BCUT2D eigenvalue weighted by molar-refractivity contribution is 5.11. The minimum absolute atomic E-state index is 0.145. The predicted molar refractivity (Wildman–Crippen MR) is 53.4 cm³/mol. The zero-order valence-electron chi connectivity index (χ0n) is 8.75. The summed E-state index contributed by atoms with van der Waals surface area (Å²) in [7, 11) is 0. The van der Waals surface area contributed by atoms with E-state index in [9.17, 15) is 10.2 Å². The van der Waals surface area contributed by atoms with E-state index in [1.54, 1.807) is 0 Å². The van der Waals surface area contributed by atoms with Gasteiger partial charge in [-0.15, -0.1) is 0 Å². The summed E-state index contributed by atoms with van der Waals surface area (Å²) >= 11 is 0. The molecule has 0 radical (unpaired) electrons. The molecule has 2 atom stereocenters. The van der Waals surface area contributed by atoms with Crippen LogP contribution in [0.15, 0.2) is 11.6 Å². The maximum absolute atomic E-state index is 9.45. The molecular weight excluding hydrogens is 164 g/mol. The highest BCUT2D eigenvalue weighted by atomic mass is 16.3. The Morgan fingerprint density at radius 3 is 2.00 bits per heavy atom. The van der Waals surface area contributed by atoms with Gasteiger partial charge in [0.15, 0.2) is 0 Å². The second-order valence-electron chi connectivity index (χ2n) is 5.12. The topological polar surface area (TPSA) is 40.5 Å². The molecule has 2 N–H and O–H groups in total. The Balaban J connectivity index is 2.65. The van der Waals surface area contributed by atoms with Gasteiger partial charge in [-0.05, 0) is 24.7 Å². The van der Waals surface area contributed by atoms with Crippen molar-refractivity contribution in [1.29, 1.82) is 0 Å². The standard InChI is InChI=1S/C11H20O2/c1-11(2,3)7-8-4-9(12)6-10(13)5-8/h7,9-10,12-13H,4-6H2,1-3H3/b8-7-/t9-,10+/m1/s1. The van der Waals surface area contributed by atoms with Gasteiger partial charge >= 0.3 is 0 Å². The number of aliphatic hydroxyl groups excluding tert-OH is 2. The van der Waals surface area contributed by atoms with Gasteiger partial charge in [-0.3, -0.25) is 0 Å². The molecule has 2 nitrogen and oxygen atoms in total. The lowest BCUT2D eigenvalue weighted by Gasteiger charge is -2.26. The quantitative estimate of drug-likeness (QED) is 0.564. The molecule has 0 amide bonds. The van der Waals surface area contributed by atoms with E-state index in [-0.39, 0.29) is 17.6 Å². The van der Waals surface area contributed by atoms with Crippen molar-refractivity contribution in [2.45, 2.75) is 52.2 Å². The first-order valence-corrected chi connectivity index (χ1v) is 4.93. The van der Waals surface area contributed by atoms with Gasteiger partial charge in [0.25, 0.3) is 0 Å². The minimum Gasteiger partial charge on any atom is -0.393 e. The van der Waals surface area contributed by atoms with Crippen molar-refractivity contribution in [3.8, 4) is 0 Å². The fourth-order valence-corrected chi connectivity index (χ4v) is 1.90. The Kier molecular flexibility index (Phi) is 3.14. The molecule has 0 aromatic carbocycles. The average molecular weight is 184 g/mol. The van der Waals surface area contributed by atoms with E-state index in [1.165, 1.54) is 5.57 Å². The molecule has 0 aromatic heterocycles. The average Bonchev–Trinajstić information content (AvgIpc) is 1.78. The summed E-state index contributed by atoms with van der Waals surface area (Å²) in [4.78, 5) is 0. The Morgan fingerprint density at radius 1 is 1.15 bits per heavy atom. The van der Waals surface area contributed by atoms with Gasteiger partial charge in [0.2, 0.25) is 0 Å². The zero-order valence-corrected chi connectivity index (χ0v) is 8.75. The molecule has 76 valence electrons. The summed E-state index contributed by atoms with van der Waals surface area (Å²) in [6, 6.07) is 0. The predicted octanol–water partition coefficient (Wildman–Crippen LogP) is 1.86. The SMILES string of the molecule is CC(C)(C)/C=C1/C[C@@H](O)C[C@@H](O)C1. The molecule has 0 bridgehead atoms. The van der Waals surface area contributed by atoms with Crippen molar-refractivity contribution in [3.63, 3.8) is 0 Å². The summed E-state index contributed by atoms with van der Waals surface area (Å²) < 4.78 is 0. The van der Waals surface area contributed by atoms with Crippen LogP contribution in [0.5, 0.6) is 0 Å². The van der Waals surface area contributed by atoms with Crippen molar-refractivity contribution in [2.24, 2.45) is 5.41 Å². The van der Waals surface area contributed by atoms with Crippen LogP contribution in [-0.2, 0) is 0 Å². The second kappa shape index (κ2) is 3.81. The number of hydrogen-bond donors (Lipinski definition) is 2. The molecule has 0 unspecified atom stereocenters. The zero-order chi connectivity index (χ0) is 10.1. The summed E-state index contributed by atoms with van der Waals surface area (Å²) in [5.74, 6) is 0. The normalized spacial score (nSPS) is 33.8. The van der Waals surface area contributed by atoms with Gasteiger partial charge in [-0.25, -0.2) is 0 Å². The largest absolute Gasteiger partial charge is 0.393 e. The molecule has 2 heteroatoms. The Bertz CT molecular complexity index is 189. The monoisotopic (exact) mass is 184 g/mol. The van der Waals surface area contributed by atoms with E-state index >= 15 is 0 Å². The molecule has 0 spiro atoms. The lowest BCUT2D eigenvalue weighted by atomic mass is 9.84. The van der Waals surface area contributed by atoms with Gasteiger partial charge in [0.1, 0.15) is 0 Å². The van der Waals surface area contributed by atoms with Crippen molar-refractivity contribution < 1.29 is 10.2 Å². The van der Waals surface area contributed by atoms with Gasteiger partial charge < -0.3 is 10.2 Å². The molecule has 1 fully saturated rings. The fourth-order valence-electron chi connectivity index (χ4n) is 1.90. The summed E-state index contributed by atoms with van der Waals surface area (Å²) in [6.45, 7) is 6.40. The van der Waals surface area contributed by atoms with Gasteiger partial charge in [-0.1, -0.05) is 32.4 Å². The molecule has 1 rings (SSSR count). The van der Waals surface area contributed by atoms with Crippen molar-refractivity contribution in [3.05, 3.63) is 11.6 Å². The Hall–Kier alpha value is -0.340. The minimum atomic E-state index is -0.350. The maximum Gasteiger partial charge on any atom is 0.0602 e. The molecule has 0 aliphatic heterocycles. The number of aliphatic hydroxyl groups is 2. The molecule has 0 heterocycles. The van der Waals surface area contributed by atoms with E-state index in [1.807, 2.05) is 0 Å². The van der Waals surface area contributed by atoms with E-state index < -0.39 is 0 Å². The maximum atomic E-state index is 9.45. The van der Waals surface area contributed by atoms with Gasteiger partial charge in [-0.2, -0.15) is 0 Å². The molecular formula is C11H20O2. The van der Waals surface area contributed by atoms with Crippen LogP contribution in [0, 0.1) is 5.41 Å². The lowest BCUT2D eigenvalue weighted by molar-refractivity contribution is 0.0604. The third-order valence-electron chi connectivity index (χ3n) is 2.18. The van der Waals surface area contributed by atoms with Gasteiger partial charge in [0, 0.05) is 0 Å². The first kappa shape index (κ1) is 10.7. The van der Waals surface area contributed by atoms with Crippen LogP contribution < -0.4 is 0 Å². The molecule has 1 saturated carbocycles. The van der Waals surface area contributed by atoms with Crippen LogP contribution in [0.25, 0.3) is 0 Å². The molecule has 0 saturated heterocycles. The number of allylic oxidation sites excluding steroid dienone is 1. The molecule has 13 heavy (non-hydrogen) atoms. The first-order chi connectivity index (χ1) is 5.87. The Labute approximate surface area is 80.3 Å². The lowest BCUT2D eigenvalue weighted by Crippen LogP contribution is -2.25. The molecule has 0 aromatic rings. The highest BCUT2D eigenvalue weighted by Gasteiger charge is 2.22. The Morgan fingerprint density at radius 2 is 1.62 bits per heavy atom. The summed E-state index contributed by atoms with van der Waals surface area (Å²) in [5, 5.41) is 18.9. The number of hydrogen-bond acceptors (Lipinski definition) is 2. The third-order valence-corrected chi connectivity index (χ3v) is 2.18. The van der Waals surface area contributed by atoms with Crippen LogP contribution in [0.2, 0.25) is 0 Å². The molecule has 1 aliphatic rings.